The summed E-state index contributed by atoms with van der Waals surface area (Å²) in [6.07, 6.45) is 4.59. The fourth-order valence-electron chi connectivity index (χ4n) is 2.29. The van der Waals surface area contributed by atoms with E-state index in [1.807, 2.05) is 0 Å². The van der Waals surface area contributed by atoms with Crippen molar-refractivity contribution in [3.8, 4) is 0 Å². The number of fused-ring (bicyclic) bond motifs is 1. The number of aromatic amines is 1. The molecule has 1 aromatic heterocycles. The molecule has 2 nitrogen and oxygen atoms in total. The highest BCUT2D eigenvalue weighted by Gasteiger charge is 2.37. The Morgan fingerprint density at radius 1 is 1.38 bits per heavy atom. The molecule has 0 aliphatic heterocycles. The summed E-state index contributed by atoms with van der Waals surface area (Å²) in [5, 5.41) is 1.32. The Balaban J connectivity index is 1.85. The van der Waals surface area contributed by atoms with E-state index in [0.29, 0.717) is 0 Å². The molecule has 0 saturated heterocycles. The van der Waals surface area contributed by atoms with Gasteiger partial charge in [0.05, 0.1) is 0 Å². The van der Waals surface area contributed by atoms with E-state index < -0.39 is 0 Å². The number of nitrogens with one attached hydrogen (secondary N) is 1. The van der Waals surface area contributed by atoms with Gasteiger partial charge in [0.2, 0.25) is 0 Å². The van der Waals surface area contributed by atoms with Gasteiger partial charge in [0.1, 0.15) is 0 Å². The van der Waals surface area contributed by atoms with E-state index in [1.165, 1.54) is 35.0 Å². The summed E-state index contributed by atoms with van der Waals surface area (Å²) in [5.74, 6) is 0. The molecular formula is C14H18N2. The van der Waals surface area contributed by atoms with Gasteiger partial charge >= 0.3 is 0 Å². The number of rotatable bonds is 3. The zero-order valence-corrected chi connectivity index (χ0v) is 9.72. The standard InChI is InChI=1S/C14H18N2/c1-10-3-2-4-11-9-12(16-13(10)11)5-6-14(15)7-8-14/h2-4,9,16H,5-8,15H2,1H3. The Hall–Kier alpha value is -1.28. The molecule has 3 N–H and O–H groups in total. The molecule has 16 heavy (non-hydrogen) atoms. The fourth-order valence-corrected chi connectivity index (χ4v) is 2.29. The summed E-state index contributed by atoms with van der Waals surface area (Å²) >= 11 is 0. The Morgan fingerprint density at radius 2 is 2.19 bits per heavy atom. The van der Waals surface area contributed by atoms with Crippen molar-refractivity contribution < 1.29 is 0 Å². The van der Waals surface area contributed by atoms with Crippen LogP contribution >= 0.6 is 0 Å². The van der Waals surface area contributed by atoms with Crippen molar-refractivity contribution in [1.29, 1.82) is 0 Å². The maximum absolute atomic E-state index is 6.10. The zero-order chi connectivity index (χ0) is 11.2. The van der Waals surface area contributed by atoms with Crippen molar-refractivity contribution in [2.75, 3.05) is 0 Å². The molecule has 1 aromatic carbocycles. The number of nitrogens with two attached hydrogens (primary N) is 1. The number of benzene rings is 1. The lowest BCUT2D eigenvalue weighted by Gasteiger charge is -2.05. The molecule has 0 atom stereocenters. The van der Waals surface area contributed by atoms with E-state index in [4.69, 9.17) is 5.73 Å². The number of aryl methyl sites for hydroxylation is 2. The lowest BCUT2D eigenvalue weighted by Crippen LogP contribution is -2.22. The maximum atomic E-state index is 6.10. The van der Waals surface area contributed by atoms with Crippen LogP contribution in [0.1, 0.15) is 30.5 Å². The van der Waals surface area contributed by atoms with Crippen LogP contribution in [-0.4, -0.2) is 10.5 Å². The van der Waals surface area contributed by atoms with Crippen molar-refractivity contribution in [3.63, 3.8) is 0 Å². The highest BCUT2D eigenvalue weighted by Crippen LogP contribution is 2.36. The molecule has 1 aliphatic carbocycles. The molecule has 1 aliphatic rings. The second kappa shape index (κ2) is 3.36. The van der Waals surface area contributed by atoms with Gasteiger partial charge in [-0.05, 0) is 49.6 Å². The maximum Gasteiger partial charge on any atom is 0.0485 e. The average molecular weight is 214 g/mol. The van der Waals surface area contributed by atoms with Crippen molar-refractivity contribution in [1.82, 2.24) is 4.98 Å². The first-order valence-corrected chi connectivity index (χ1v) is 6.02. The molecule has 0 amide bonds. The third-order valence-electron chi connectivity index (χ3n) is 3.70. The predicted octanol–water partition coefficient (Wildman–Crippen LogP) is 2.90. The summed E-state index contributed by atoms with van der Waals surface area (Å²) in [6.45, 7) is 2.15. The third kappa shape index (κ3) is 1.74. The number of H-pyrrole nitrogens is 1. The van der Waals surface area contributed by atoms with Gasteiger partial charge in [-0.2, -0.15) is 0 Å². The Morgan fingerprint density at radius 3 is 2.88 bits per heavy atom. The predicted molar refractivity (Wildman–Crippen MR) is 67.5 cm³/mol. The normalized spacial score (nSPS) is 17.9. The molecule has 84 valence electrons. The highest BCUT2D eigenvalue weighted by molar-refractivity contribution is 5.83. The first-order chi connectivity index (χ1) is 7.66. The molecular weight excluding hydrogens is 196 g/mol. The molecule has 1 fully saturated rings. The highest BCUT2D eigenvalue weighted by atomic mass is 14.8. The van der Waals surface area contributed by atoms with Gasteiger partial charge in [-0.1, -0.05) is 18.2 Å². The Kier molecular flexibility index (Phi) is 2.08. The monoisotopic (exact) mass is 214 g/mol. The van der Waals surface area contributed by atoms with Crippen LogP contribution in [0.4, 0.5) is 0 Å². The molecule has 2 heteroatoms. The van der Waals surface area contributed by atoms with Gasteiger partial charge in [0, 0.05) is 16.7 Å². The van der Waals surface area contributed by atoms with Crippen LogP contribution in [0.5, 0.6) is 0 Å². The molecule has 3 rings (SSSR count). The Bertz CT molecular complexity index is 521. The topological polar surface area (TPSA) is 41.8 Å². The SMILES string of the molecule is Cc1cccc2cc(CCC3(N)CC3)[nH]c12. The molecule has 0 bridgehead atoms. The van der Waals surface area contributed by atoms with E-state index in [0.717, 1.165) is 12.8 Å². The first-order valence-electron chi connectivity index (χ1n) is 6.02. The fraction of sp³-hybridized carbons (Fsp3) is 0.429. The van der Waals surface area contributed by atoms with Crippen LogP contribution in [0, 0.1) is 6.92 Å². The van der Waals surface area contributed by atoms with Crippen molar-refractivity contribution in [2.24, 2.45) is 5.73 Å². The molecule has 0 unspecified atom stereocenters. The van der Waals surface area contributed by atoms with Crippen molar-refractivity contribution in [3.05, 3.63) is 35.5 Å². The average Bonchev–Trinajstić information content (AvgIpc) is 2.84. The van der Waals surface area contributed by atoms with Crippen LogP contribution in [0.2, 0.25) is 0 Å². The third-order valence-corrected chi connectivity index (χ3v) is 3.70. The summed E-state index contributed by atoms with van der Waals surface area (Å²) in [6, 6.07) is 8.68. The number of para-hydroxylation sites is 1. The van der Waals surface area contributed by atoms with E-state index in [-0.39, 0.29) is 5.54 Å². The van der Waals surface area contributed by atoms with Crippen LogP contribution in [0.15, 0.2) is 24.3 Å². The molecule has 0 spiro atoms. The van der Waals surface area contributed by atoms with Gasteiger partial charge < -0.3 is 10.7 Å². The van der Waals surface area contributed by atoms with Crippen LogP contribution in [0.3, 0.4) is 0 Å². The zero-order valence-electron chi connectivity index (χ0n) is 9.72. The Labute approximate surface area is 95.8 Å². The largest absolute Gasteiger partial charge is 0.358 e. The van der Waals surface area contributed by atoms with Gasteiger partial charge in [-0.25, -0.2) is 0 Å². The van der Waals surface area contributed by atoms with Gasteiger partial charge in [-0.15, -0.1) is 0 Å². The first kappa shape index (κ1) is 9.91. The van der Waals surface area contributed by atoms with Gasteiger partial charge in [0.15, 0.2) is 0 Å². The van der Waals surface area contributed by atoms with Gasteiger partial charge in [0.25, 0.3) is 0 Å². The van der Waals surface area contributed by atoms with Crippen molar-refractivity contribution >= 4 is 10.9 Å². The minimum Gasteiger partial charge on any atom is -0.358 e. The second-order valence-electron chi connectivity index (χ2n) is 5.20. The molecule has 0 radical (unpaired) electrons. The number of hydrogen-bond acceptors (Lipinski definition) is 1. The lowest BCUT2D eigenvalue weighted by molar-refractivity contribution is 0.605. The van der Waals surface area contributed by atoms with Crippen molar-refractivity contribution in [2.45, 2.75) is 38.1 Å². The number of aromatic nitrogens is 1. The van der Waals surface area contributed by atoms with Gasteiger partial charge in [-0.3, -0.25) is 0 Å². The van der Waals surface area contributed by atoms with E-state index >= 15 is 0 Å². The minimum atomic E-state index is 0.159. The van der Waals surface area contributed by atoms with Crippen LogP contribution in [-0.2, 0) is 6.42 Å². The smallest absolute Gasteiger partial charge is 0.0485 e. The summed E-state index contributed by atoms with van der Waals surface area (Å²) in [4.78, 5) is 3.51. The quantitative estimate of drug-likeness (QED) is 0.810. The summed E-state index contributed by atoms with van der Waals surface area (Å²) < 4.78 is 0. The summed E-state index contributed by atoms with van der Waals surface area (Å²) in [5.41, 5.74) is 10.2. The minimum absolute atomic E-state index is 0.159. The van der Waals surface area contributed by atoms with E-state index in [1.54, 1.807) is 0 Å². The molecule has 2 aromatic rings. The van der Waals surface area contributed by atoms with E-state index in [2.05, 4.69) is 36.2 Å². The van der Waals surface area contributed by atoms with E-state index in [9.17, 15) is 0 Å². The lowest BCUT2D eigenvalue weighted by atomic mass is 10.1. The molecule has 1 heterocycles. The second-order valence-corrected chi connectivity index (χ2v) is 5.20. The van der Waals surface area contributed by atoms with Crippen LogP contribution in [0.25, 0.3) is 10.9 Å². The molecule has 1 saturated carbocycles. The summed E-state index contributed by atoms with van der Waals surface area (Å²) in [7, 11) is 0. The van der Waals surface area contributed by atoms with Crippen LogP contribution < -0.4 is 5.73 Å². The number of hydrogen-bond donors (Lipinski definition) is 2.